The zero-order valence-corrected chi connectivity index (χ0v) is 13.8. The van der Waals surface area contributed by atoms with Gasteiger partial charge in [-0.25, -0.2) is 0 Å². The predicted octanol–water partition coefficient (Wildman–Crippen LogP) is 3.83. The summed E-state index contributed by atoms with van der Waals surface area (Å²) in [5, 5.41) is 4.13. The molecule has 2 unspecified atom stereocenters. The fourth-order valence-corrected chi connectivity index (χ4v) is 3.62. The number of rotatable bonds is 4. The fourth-order valence-electron chi connectivity index (χ4n) is 3.62. The highest BCUT2D eigenvalue weighted by molar-refractivity contribution is 5.79. The van der Waals surface area contributed by atoms with Crippen molar-refractivity contribution in [2.45, 2.75) is 77.2 Å². The van der Waals surface area contributed by atoms with Gasteiger partial charge in [0.2, 0.25) is 11.8 Å². The maximum Gasteiger partial charge on any atom is 0.249 e. The van der Waals surface area contributed by atoms with E-state index >= 15 is 0 Å². The summed E-state index contributed by atoms with van der Waals surface area (Å²) in [7, 11) is 0. The van der Waals surface area contributed by atoms with Crippen LogP contribution in [0.2, 0.25) is 0 Å². The summed E-state index contributed by atoms with van der Waals surface area (Å²) in [6.07, 6.45) is 8.62. The Morgan fingerprint density at radius 2 is 2.00 bits per heavy atom. The maximum absolute atomic E-state index is 12.8. The van der Waals surface area contributed by atoms with Gasteiger partial charge in [-0.15, -0.1) is 0 Å². The van der Waals surface area contributed by atoms with Gasteiger partial charge in [0.15, 0.2) is 5.82 Å². The fraction of sp³-hybridized carbons (Fsp3) is 0.824. The summed E-state index contributed by atoms with van der Waals surface area (Å²) in [4.78, 5) is 19.4. The molecule has 3 rings (SSSR count). The Morgan fingerprint density at radius 1 is 1.27 bits per heavy atom. The molecule has 0 aromatic carbocycles. The lowest BCUT2D eigenvalue weighted by Crippen LogP contribution is -2.41. The molecule has 1 aromatic rings. The van der Waals surface area contributed by atoms with Crippen molar-refractivity contribution < 1.29 is 9.32 Å². The second-order valence-corrected chi connectivity index (χ2v) is 6.82. The molecule has 1 aromatic heterocycles. The Hall–Kier alpha value is -1.39. The number of nitrogens with zero attached hydrogens (tertiary/aromatic N) is 3. The minimum Gasteiger partial charge on any atom is -0.337 e. The van der Waals surface area contributed by atoms with E-state index in [2.05, 4.69) is 24.0 Å². The molecule has 2 atom stereocenters. The van der Waals surface area contributed by atoms with Crippen LogP contribution in [0.1, 0.15) is 88.9 Å². The lowest BCUT2D eigenvalue weighted by atomic mass is 9.98. The SMILES string of the molecule is CCC(C)c1noc(C2CCCCN2C(=O)C2CCCC2)n1. The van der Waals surface area contributed by atoms with Crippen molar-refractivity contribution in [2.24, 2.45) is 5.92 Å². The first-order valence-electron chi connectivity index (χ1n) is 8.84. The molecule has 0 N–H and O–H groups in total. The summed E-state index contributed by atoms with van der Waals surface area (Å²) >= 11 is 0. The number of amides is 1. The Balaban J connectivity index is 1.77. The third-order valence-electron chi connectivity index (χ3n) is 5.29. The number of hydrogen-bond acceptors (Lipinski definition) is 4. The van der Waals surface area contributed by atoms with Gasteiger partial charge in [-0.1, -0.05) is 31.8 Å². The van der Waals surface area contributed by atoms with Gasteiger partial charge in [-0.3, -0.25) is 4.79 Å². The van der Waals surface area contributed by atoms with E-state index in [1.165, 1.54) is 12.8 Å². The molecule has 1 aliphatic heterocycles. The summed E-state index contributed by atoms with van der Waals surface area (Å²) in [6, 6.07) is -0.00726. The van der Waals surface area contributed by atoms with Gasteiger partial charge in [0.05, 0.1) is 0 Å². The van der Waals surface area contributed by atoms with Gasteiger partial charge in [-0.2, -0.15) is 4.98 Å². The maximum atomic E-state index is 12.8. The van der Waals surface area contributed by atoms with E-state index < -0.39 is 0 Å². The number of aromatic nitrogens is 2. The van der Waals surface area contributed by atoms with E-state index in [0.29, 0.717) is 17.7 Å². The highest BCUT2D eigenvalue weighted by Gasteiger charge is 2.36. The highest BCUT2D eigenvalue weighted by Crippen LogP contribution is 2.35. The molecule has 0 bridgehead atoms. The molecule has 2 heterocycles. The van der Waals surface area contributed by atoms with Crippen LogP contribution in [0.15, 0.2) is 4.52 Å². The van der Waals surface area contributed by atoms with E-state index in [9.17, 15) is 4.79 Å². The van der Waals surface area contributed by atoms with E-state index in [0.717, 1.165) is 50.9 Å². The Kier molecular flexibility index (Phi) is 4.79. The van der Waals surface area contributed by atoms with Gasteiger partial charge in [0.25, 0.3) is 0 Å². The quantitative estimate of drug-likeness (QED) is 0.848. The van der Waals surface area contributed by atoms with Crippen LogP contribution in [0.25, 0.3) is 0 Å². The predicted molar refractivity (Wildman–Crippen MR) is 83.3 cm³/mol. The molecule has 0 spiro atoms. The summed E-state index contributed by atoms with van der Waals surface area (Å²) in [5.74, 6) is 2.25. The second kappa shape index (κ2) is 6.80. The van der Waals surface area contributed by atoms with Crippen LogP contribution in [0.4, 0.5) is 0 Å². The van der Waals surface area contributed by atoms with Crippen molar-refractivity contribution in [1.82, 2.24) is 15.0 Å². The Labute approximate surface area is 132 Å². The van der Waals surface area contributed by atoms with Gasteiger partial charge >= 0.3 is 0 Å². The van der Waals surface area contributed by atoms with Crippen molar-refractivity contribution in [1.29, 1.82) is 0 Å². The molecule has 2 aliphatic rings. The van der Waals surface area contributed by atoms with Crippen LogP contribution in [0.5, 0.6) is 0 Å². The summed E-state index contributed by atoms with van der Waals surface area (Å²) in [6.45, 7) is 5.06. The topological polar surface area (TPSA) is 59.2 Å². The van der Waals surface area contributed by atoms with Gasteiger partial charge in [0.1, 0.15) is 6.04 Å². The van der Waals surface area contributed by atoms with Crippen molar-refractivity contribution in [2.75, 3.05) is 6.54 Å². The molecule has 5 nitrogen and oxygen atoms in total. The number of likely N-dealkylation sites (tertiary alicyclic amines) is 1. The lowest BCUT2D eigenvalue weighted by molar-refractivity contribution is -0.140. The molecule has 1 saturated carbocycles. The zero-order valence-electron chi connectivity index (χ0n) is 13.8. The normalized spacial score (nSPS) is 24.6. The molecular weight excluding hydrogens is 278 g/mol. The van der Waals surface area contributed by atoms with Crippen molar-refractivity contribution in [3.63, 3.8) is 0 Å². The van der Waals surface area contributed by atoms with Gasteiger partial charge in [-0.05, 0) is 38.5 Å². The molecule has 5 heteroatoms. The van der Waals surface area contributed by atoms with E-state index in [1.807, 2.05) is 4.90 Å². The molecule has 22 heavy (non-hydrogen) atoms. The van der Waals surface area contributed by atoms with E-state index in [4.69, 9.17) is 4.52 Å². The Bertz CT molecular complexity index is 508. The molecule has 122 valence electrons. The Morgan fingerprint density at radius 3 is 2.73 bits per heavy atom. The molecule has 1 saturated heterocycles. The van der Waals surface area contributed by atoms with Crippen LogP contribution in [-0.2, 0) is 4.79 Å². The van der Waals surface area contributed by atoms with Crippen LogP contribution in [-0.4, -0.2) is 27.5 Å². The number of hydrogen-bond donors (Lipinski definition) is 0. The molecule has 0 radical (unpaired) electrons. The number of carbonyl (C=O) groups excluding carboxylic acids is 1. The minimum absolute atomic E-state index is 0.00726. The monoisotopic (exact) mass is 305 g/mol. The smallest absolute Gasteiger partial charge is 0.249 e. The van der Waals surface area contributed by atoms with Crippen LogP contribution in [0, 0.1) is 5.92 Å². The first-order chi connectivity index (χ1) is 10.7. The third kappa shape index (κ3) is 3.03. The standard InChI is InChI=1S/C17H27N3O2/c1-3-12(2)15-18-16(22-19-15)14-10-6-7-11-20(14)17(21)13-8-4-5-9-13/h12-14H,3-11H2,1-2H3. The van der Waals surface area contributed by atoms with Crippen molar-refractivity contribution >= 4 is 5.91 Å². The zero-order chi connectivity index (χ0) is 15.5. The molecule has 1 aliphatic carbocycles. The summed E-state index contributed by atoms with van der Waals surface area (Å²) < 4.78 is 5.52. The first-order valence-corrected chi connectivity index (χ1v) is 8.84. The minimum atomic E-state index is -0.00726. The van der Waals surface area contributed by atoms with Crippen LogP contribution < -0.4 is 0 Å². The van der Waals surface area contributed by atoms with E-state index in [1.54, 1.807) is 0 Å². The summed E-state index contributed by atoms with van der Waals surface area (Å²) in [5.41, 5.74) is 0. The van der Waals surface area contributed by atoms with Gasteiger partial charge < -0.3 is 9.42 Å². The van der Waals surface area contributed by atoms with Crippen molar-refractivity contribution in [3.05, 3.63) is 11.7 Å². The molecule has 2 fully saturated rings. The first kappa shape index (κ1) is 15.5. The number of piperidine rings is 1. The highest BCUT2D eigenvalue weighted by atomic mass is 16.5. The average Bonchev–Trinajstić information content (AvgIpc) is 3.25. The van der Waals surface area contributed by atoms with Crippen LogP contribution in [0.3, 0.4) is 0 Å². The second-order valence-electron chi connectivity index (χ2n) is 6.82. The number of carbonyl (C=O) groups is 1. The average molecular weight is 305 g/mol. The third-order valence-corrected chi connectivity index (χ3v) is 5.29. The molecule has 1 amide bonds. The van der Waals surface area contributed by atoms with E-state index in [-0.39, 0.29) is 12.0 Å². The molecular formula is C17H27N3O2. The van der Waals surface area contributed by atoms with Crippen LogP contribution >= 0.6 is 0 Å². The lowest BCUT2D eigenvalue weighted by Gasteiger charge is -2.35. The largest absolute Gasteiger partial charge is 0.337 e. The van der Waals surface area contributed by atoms with Gasteiger partial charge in [0, 0.05) is 18.4 Å². The van der Waals surface area contributed by atoms with Crippen molar-refractivity contribution in [3.8, 4) is 0 Å².